The van der Waals surface area contributed by atoms with E-state index in [4.69, 9.17) is 9.72 Å². The van der Waals surface area contributed by atoms with Gasteiger partial charge in [0.15, 0.2) is 5.78 Å². The highest BCUT2D eigenvalue weighted by Crippen LogP contribution is 2.45. The summed E-state index contributed by atoms with van der Waals surface area (Å²) in [6.07, 6.45) is 3.83. The van der Waals surface area contributed by atoms with Crippen LogP contribution in [0.5, 0.6) is 0 Å². The second-order valence-electron chi connectivity index (χ2n) is 9.46. The zero-order valence-corrected chi connectivity index (χ0v) is 19.9. The molecule has 164 valence electrons. The van der Waals surface area contributed by atoms with E-state index >= 15 is 0 Å². The van der Waals surface area contributed by atoms with Crippen LogP contribution < -0.4 is 0 Å². The molecule has 0 bridgehead atoms. The van der Waals surface area contributed by atoms with Crippen LogP contribution in [0.25, 0.3) is 21.3 Å². The van der Waals surface area contributed by atoms with Crippen LogP contribution in [0.4, 0.5) is 0 Å². The molecule has 0 fully saturated rings. The number of nitrogens with zero attached hydrogens (tertiary/aromatic N) is 1. The van der Waals surface area contributed by atoms with Crippen LogP contribution in [-0.2, 0) is 29.0 Å². The summed E-state index contributed by atoms with van der Waals surface area (Å²) in [6, 6.07) is 7.99. The Labute approximate surface area is 188 Å². The summed E-state index contributed by atoms with van der Waals surface area (Å²) >= 11 is 1.79. The average molecular weight is 438 g/mol. The number of carbonyl (C=O) groups is 1. The zero-order chi connectivity index (χ0) is 22.3. The lowest BCUT2D eigenvalue weighted by molar-refractivity contribution is -0.138. The molecular formula is C26H31NO3S. The van der Waals surface area contributed by atoms with Gasteiger partial charge in [-0.25, -0.2) is 4.98 Å². The number of ether oxygens (including phenoxy) is 1. The zero-order valence-electron chi connectivity index (χ0n) is 19.0. The molecule has 1 aliphatic carbocycles. The van der Waals surface area contributed by atoms with E-state index in [1.165, 1.54) is 28.7 Å². The number of hydrogen-bond donors (Lipinski definition) is 1. The summed E-state index contributed by atoms with van der Waals surface area (Å²) in [5.41, 5.74) is 5.49. The minimum atomic E-state index is -0.691. The molecule has 0 radical (unpaired) electrons. The number of fused-ring (bicyclic) bond motifs is 3. The Bertz CT molecular complexity index is 1140. The maximum Gasteiger partial charge on any atom is 0.163 e. The topological polar surface area (TPSA) is 59.4 Å². The lowest BCUT2D eigenvalue weighted by Crippen LogP contribution is -2.27. The SMILES string of the molecule is CC(=O)[C@@H](OC(C)(C)C)c1c(C)nc2sc3c(c2c1-c1cccc(CO)c1)CCCC3. The Morgan fingerprint density at radius 3 is 2.68 bits per heavy atom. The molecule has 1 aromatic carbocycles. The second kappa shape index (κ2) is 8.45. The molecule has 4 nitrogen and oxygen atoms in total. The molecule has 1 N–H and O–H groups in total. The van der Waals surface area contributed by atoms with Gasteiger partial charge in [-0.2, -0.15) is 0 Å². The van der Waals surface area contributed by atoms with Crippen molar-refractivity contribution in [1.29, 1.82) is 0 Å². The average Bonchev–Trinajstić information content (AvgIpc) is 3.08. The van der Waals surface area contributed by atoms with Crippen molar-refractivity contribution in [2.75, 3.05) is 0 Å². The van der Waals surface area contributed by atoms with Crippen LogP contribution in [0.15, 0.2) is 24.3 Å². The molecule has 0 unspecified atom stereocenters. The number of pyridine rings is 1. The maximum atomic E-state index is 12.9. The van der Waals surface area contributed by atoms with E-state index in [0.717, 1.165) is 45.6 Å². The van der Waals surface area contributed by atoms with E-state index in [0.29, 0.717) is 0 Å². The number of aryl methyl sites for hydroxylation is 3. The number of Topliss-reactive ketones (excluding diaryl/α,β-unsaturated/α-hetero) is 1. The predicted octanol–water partition coefficient (Wildman–Crippen LogP) is 6.09. The van der Waals surface area contributed by atoms with Crippen molar-refractivity contribution < 1.29 is 14.6 Å². The van der Waals surface area contributed by atoms with Gasteiger partial charge in [0.2, 0.25) is 0 Å². The van der Waals surface area contributed by atoms with Gasteiger partial charge in [-0.3, -0.25) is 4.79 Å². The molecule has 3 aromatic rings. The number of ketones is 1. The minimum Gasteiger partial charge on any atom is -0.392 e. The van der Waals surface area contributed by atoms with Crippen molar-refractivity contribution in [3.8, 4) is 11.1 Å². The second-order valence-corrected chi connectivity index (χ2v) is 10.5. The van der Waals surface area contributed by atoms with Crippen molar-refractivity contribution in [1.82, 2.24) is 4.98 Å². The molecule has 2 aromatic heterocycles. The smallest absolute Gasteiger partial charge is 0.163 e. The Kier molecular flexibility index (Phi) is 6.03. The van der Waals surface area contributed by atoms with Gasteiger partial charge in [0.1, 0.15) is 10.9 Å². The maximum absolute atomic E-state index is 12.9. The molecule has 4 rings (SSSR count). The van der Waals surface area contributed by atoms with E-state index in [-0.39, 0.29) is 12.4 Å². The van der Waals surface area contributed by atoms with Crippen LogP contribution in [0.1, 0.15) is 73.9 Å². The molecule has 0 aliphatic heterocycles. The summed E-state index contributed by atoms with van der Waals surface area (Å²) in [6.45, 7) is 9.48. The monoisotopic (exact) mass is 437 g/mol. The fraction of sp³-hybridized carbons (Fsp3) is 0.462. The molecule has 0 saturated heterocycles. The van der Waals surface area contributed by atoms with Gasteiger partial charge >= 0.3 is 0 Å². The van der Waals surface area contributed by atoms with E-state index in [9.17, 15) is 9.90 Å². The summed E-state index contributed by atoms with van der Waals surface area (Å²) in [5, 5.41) is 10.9. The van der Waals surface area contributed by atoms with Gasteiger partial charge in [-0.05, 0) is 83.1 Å². The van der Waals surface area contributed by atoms with Crippen LogP contribution in [-0.4, -0.2) is 21.5 Å². The van der Waals surface area contributed by atoms with E-state index in [1.54, 1.807) is 18.3 Å². The molecule has 0 spiro atoms. The Balaban J connectivity index is 2.09. The number of rotatable bonds is 5. The third-order valence-electron chi connectivity index (χ3n) is 5.83. The molecule has 5 heteroatoms. The minimum absolute atomic E-state index is 0.0211. The van der Waals surface area contributed by atoms with Crippen molar-refractivity contribution in [3.05, 3.63) is 51.5 Å². The van der Waals surface area contributed by atoms with Gasteiger partial charge in [0.05, 0.1) is 12.2 Å². The molecule has 1 atom stereocenters. The highest BCUT2D eigenvalue weighted by Gasteiger charge is 2.32. The number of carbonyl (C=O) groups excluding carboxylic acids is 1. The lowest BCUT2D eigenvalue weighted by atomic mass is 9.87. The van der Waals surface area contributed by atoms with Crippen LogP contribution in [0, 0.1) is 6.92 Å². The third kappa shape index (κ3) is 4.32. The predicted molar refractivity (Wildman–Crippen MR) is 127 cm³/mol. The Hall–Kier alpha value is -2.08. The number of hydrogen-bond acceptors (Lipinski definition) is 5. The van der Waals surface area contributed by atoms with Crippen LogP contribution in [0.2, 0.25) is 0 Å². The van der Waals surface area contributed by atoms with Crippen molar-refractivity contribution in [2.24, 2.45) is 0 Å². The lowest BCUT2D eigenvalue weighted by Gasteiger charge is -2.29. The first-order valence-corrected chi connectivity index (χ1v) is 11.8. The molecule has 31 heavy (non-hydrogen) atoms. The number of benzene rings is 1. The van der Waals surface area contributed by atoms with Crippen molar-refractivity contribution in [2.45, 2.75) is 78.6 Å². The largest absolute Gasteiger partial charge is 0.392 e. The molecular weight excluding hydrogens is 406 g/mol. The van der Waals surface area contributed by atoms with E-state index < -0.39 is 11.7 Å². The van der Waals surface area contributed by atoms with Gasteiger partial charge in [0, 0.05) is 27.1 Å². The molecule has 2 heterocycles. The summed E-state index contributed by atoms with van der Waals surface area (Å²) in [7, 11) is 0. The summed E-state index contributed by atoms with van der Waals surface area (Å²) in [4.78, 5) is 20.3. The van der Waals surface area contributed by atoms with Crippen LogP contribution in [0.3, 0.4) is 0 Å². The molecule has 0 saturated carbocycles. The van der Waals surface area contributed by atoms with Gasteiger partial charge < -0.3 is 9.84 Å². The molecule has 0 amide bonds. The van der Waals surface area contributed by atoms with Gasteiger partial charge in [0.25, 0.3) is 0 Å². The first-order valence-electron chi connectivity index (χ1n) is 11.0. The number of aliphatic hydroxyl groups is 1. The van der Waals surface area contributed by atoms with Crippen LogP contribution >= 0.6 is 11.3 Å². The Morgan fingerprint density at radius 1 is 1.26 bits per heavy atom. The van der Waals surface area contributed by atoms with Crippen molar-refractivity contribution >= 4 is 27.3 Å². The van der Waals surface area contributed by atoms with E-state index in [1.807, 2.05) is 45.9 Å². The summed E-state index contributed by atoms with van der Waals surface area (Å²) < 4.78 is 6.32. The van der Waals surface area contributed by atoms with Gasteiger partial charge in [-0.1, -0.05) is 18.2 Å². The van der Waals surface area contributed by atoms with E-state index in [2.05, 4.69) is 6.07 Å². The standard InChI is InChI=1S/C26H31NO3S/c1-15-21(24(16(2)29)30-26(3,4)5)22(18-10-8-9-17(13-18)14-28)23-19-11-6-7-12-20(19)31-25(23)27-15/h8-10,13,24,28H,6-7,11-12,14H2,1-5H3/t24-/m1/s1. The Morgan fingerprint density at radius 2 is 2.00 bits per heavy atom. The third-order valence-corrected chi connectivity index (χ3v) is 7.02. The summed E-state index contributed by atoms with van der Waals surface area (Å²) in [5.74, 6) is -0.0252. The highest BCUT2D eigenvalue weighted by atomic mass is 32.1. The fourth-order valence-corrected chi connectivity index (χ4v) is 5.88. The number of thiophene rings is 1. The quantitative estimate of drug-likeness (QED) is 0.525. The molecule has 1 aliphatic rings. The number of aromatic nitrogens is 1. The first kappa shape index (κ1) is 22.1. The number of aliphatic hydroxyl groups excluding tert-OH is 1. The fourth-order valence-electron chi connectivity index (χ4n) is 4.56. The first-order chi connectivity index (χ1) is 14.7. The highest BCUT2D eigenvalue weighted by molar-refractivity contribution is 7.19. The van der Waals surface area contributed by atoms with Crippen molar-refractivity contribution in [3.63, 3.8) is 0 Å². The normalized spacial score (nSPS) is 15.2. The van der Waals surface area contributed by atoms with Gasteiger partial charge in [-0.15, -0.1) is 11.3 Å².